The van der Waals surface area contributed by atoms with Gasteiger partial charge in [0.15, 0.2) is 0 Å². The van der Waals surface area contributed by atoms with Gasteiger partial charge in [0.2, 0.25) is 0 Å². The van der Waals surface area contributed by atoms with Crippen LogP contribution in [0.3, 0.4) is 0 Å². The predicted molar refractivity (Wildman–Crippen MR) is 39.9 cm³/mol. The Morgan fingerprint density at radius 1 is 1.56 bits per heavy atom. The molecule has 0 spiro atoms. The van der Waals surface area contributed by atoms with Gasteiger partial charge in [-0.3, -0.25) is 0 Å². The molecule has 0 aliphatic carbocycles. The number of nitrogens with two attached hydrogens (primary N) is 1. The number of hydrogen-bond donors (Lipinski definition) is 1. The lowest BCUT2D eigenvalue weighted by Gasteiger charge is -2.05. The summed E-state index contributed by atoms with van der Waals surface area (Å²) in [5, 5.41) is 0. The summed E-state index contributed by atoms with van der Waals surface area (Å²) in [4.78, 5) is 0. The van der Waals surface area contributed by atoms with E-state index in [4.69, 9.17) is 10.5 Å². The SMILES string of the molecule is CC1CCC(CN)O1.Cl. The summed E-state index contributed by atoms with van der Waals surface area (Å²) >= 11 is 0. The molecular weight excluding hydrogens is 138 g/mol. The number of ether oxygens (including phenoxy) is 1. The Labute approximate surface area is 62.2 Å². The van der Waals surface area contributed by atoms with Crippen LogP contribution in [0.4, 0.5) is 0 Å². The van der Waals surface area contributed by atoms with Crippen LogP contribution >= 0.6 is 12.4 Å². The van der Waals surface area contributed by atoms with Crippen molar-refractivity contribution in [3.8, 4) is 0 Å². The maximum Gasteiger partial charge on any atom is 0.0701 e. The Kier molecular flexibility index (Phi) is 4.19. The lowest BCUT2D eigenvalue weighted by molar-refractivity contribution is 0.0612. The molecule has 3 heteroatoms. The van der Waals surface area contributed by atoms with E-state index in [-0.39, 0.29) is 12.4 Å². The molecule has 2 atom stereocenters. The summed E-state index contributed by atoms with van der Waals surface area (Å²) in [6.45, 7) is 2.78. The van der Waals surface area contributed by atoms with Crippen LogP contribution in [-0.4, -0.2) is 18.8 Å². The van der Waals surface area contributed by atoms with Crippen LogP contribution in [0.25, 0.3) is 0 Å². The van der Waals surface area contributed by atoms with Gasteiger partial charge in [0, 0.05) is 6.54 Å². The van der Waals surface area contributed by atoms with E-state index in [9.17, 15) is 0 Å². The highest BCUT2D eigenvalue weighted by atomic mass is 35.5. The van der Waals surface area contributed by atoms with Crippen LogP contribution in [0, 0.1) is 0 Å². The monoisotopic (exact) mass is 151 g/mol. The van der Waals surface area contributed by atoms with Crippen LogP contribution < -0.4 is 5.73 Å². The summed E-state index contributed by atoms with van der Waals surface area (Å²) in [7, 11) is 0. The molecule has 2 N–H and O–H groups in total. The second-order valence-electron chi connectivity index (χ2n) is 2.38. The zero-order chi connectivity index (χ0) is 5.98. The smallest absolute Gasteiger partial charge is 0.0701 e. The molecule has 56 valence electrons. The summed E-state index contributed by atoms with van der Waals surface area (Å²) in [5.74, 6) is 0. The van der Waals surface area contributed by atoms with Crippen molar-refractivity contribution in [2.75, 3.05) is 6.54 Å². The van der Waals surface area contributed by atoms with Gasteiger partial charge in [-0.1, -0.05) is 0 Å². The van der Waals surface area contributed by atoms with Crippen LogP contribution in [0.2, 0.25) is 0 Å². The maximum atomic E-state index is 5.39. The van der Waals surface area contributed by atoms with Crippen LogP contribution in [-0.2, 0) is 4.74 Å². The fourth-order valence-electron chi connectivity index (χ4n) is 1.06. The Hall–Kier alpha value is 0.210. The fourth-order valence-corrected chi connectivity index (χ4v) is 1.06. The van der Waals surface area contributed by atoms with Gasteiger partial charge in [-0.15, -0.1) is 12.4 Å². The van der Waals surface area contributed by atoms with Crippen molar-refractivity contribution in [3.05, 3.63) is 0 Å². The van der Waals surface area contributed by atoms with E-state index in [0.717, 1.165) is 6.42 Å². The first-order chi connectivity index (χ1) is 3.83. The first kappa shape index (κ1) is 9.21. The molecule has 0 amide bonds. The fraction of sp³-hybridized carbons (Fsp3) is 1.00. The quantitative estimate of drug-likeness (QED) is 0.606. The van der Waals surface area contributed by atoms with Crippen LogP contribution in [0.5, 0.6) is 0 Å². The number of hydrogen-bond acceptors (Lipinski definition) is 2. The third-order valence-corrected chi connectivity index (χ3v) is 1.58. The molecule has 1 aliphatic rings. The van der Waals surface area contributed by atoms with Gasteiger partial charge >= 0.3 is 0 Å². The first-order valence-electron chi connectivity index (χ1n) is 3.18. The molecule has 0 aromatic carbocycles. The summed E-state index contributed by atoms with van der Waals surface area (Å²) in [6, 6.07) is 0. The Morgan fingerprint density at radius 3 is 2.44 bits per heavy atom. The molecule has 0 radical (unpaired) electrons. The third-order valence-electron chi connectivity index (χ3n) is 1.58. The molecule has 1 fully saturated rings. The lowest BCUT2D eigenvalue weighted by atomic mass is 10.2. The van der Waals surface area contributed by atoms with Gasteiger partial charge in [-0.2, -0.15) is 0 Å². The van der Waals surface area contributed by atoms with Gasteiger partial charge in [0.05, 0.1) is 12.2 Å². The maximum absolute atomic E-state index is 5.39. The van der Waals surface area contributed by atoms with Crippen LogP contribution in [0.15, 0.2) is 0 Å². The largest absolute Gasteiger partial charge is 0.374 e. The van der Waals surface area contributed by atoms with E-state index in [1.165, 1.54) is 6.42 Å². The van der Waals surface area contributed by atoms with Crippen molar-refractivity contribution >= 4 is 12.4 Å². The van der Waals surface area contributed by atoms with Gasteiger partial charge in [-0.05, 0) is 19.8 Å². The lowest BCUT2D eigenvalue weighted by Crippen LogP contribution is -2.19. The number of halogens is 1. The molecule has 1 aliphatic heterocycles. The molecule has 9 heavy (non-hydrogen) atoms. The van der Waals surface area contributed by atoms with Crippen molar-refractivity contribution in [1.29, 1.82) is 0 Å². The van der Waals surface area contributed by atoms with Crippen molar-refractivity contribution in [3.63, 3.8) is 0 Å². The zero-order valence-corrected chi connectivity index (χ0v) is 6.49. The number of rotatable bonds is 1. The van der Waals surface area contributed by atoms with Gasteiger partial charge in [0.1, 0.15) is 0 Å². The minimum Gasteiger partial charge on any atom is -0.374 e. The van der Waals surface area contributed by atoms with Gasteiger partial charge in [-0.25, -0.2) is 0 Å². The van der Waals surface area contributed by atoms with E-state index in [1.54, 1.807) is 0 Å². The second-order valence-corrected chi connectivity index (χ2v) is 2.38. The summed E-state index contributed by atoms with van der Waals surface area (Å²) in [5.41, 5.74) is 5.37. The van der Waals surface area contributed by atoms with E-state index in [2.05, 4.69) is 6.92 Å². The molecule has 2 nitrogen and oxygen atoms in total. The van der Waals surface area contributed by atoms with E-state index < -0.39 is 0 Å². The Bertz CT molecular complexity index is 79.5. The Morgan fingerprint density at radius 2 is 2.22 bits per heavy atom. The normalized spacial score (nSPS) is 34.0. The molecule has 1 saturated heterocycles. The average molecular weight is 152 g/mol. The highest BCUT2D eigenvalue weighted by molar-refractivity contribution is 5.85. The zero-order valence-electron chi connectivity index (χ0n) is 5.67. The van der Waals surface area contributed by atoms with Crippen LogP contribution in [0.1, 0.15) is 19.8 Å². The minimum atomic E-state index is 0. The second kappa shape index (κ2) is 4.09. The topological polar surface area (TPSA) is 35.2 Å². The predicted octanol–water partition coefficient (Wildman–Crippen LogP) is 0.934. The average Bonchev–Trinajstić information content (AvgIpc) is 2.14. The van der Waals surface area contributed by atoms with E-state index >= 15 is 0 Å². The Balaban J connectivity index is 0.000000640. The van der Waals surface area contributed by atoms with Crippen molar-refractivity contribution < 1.29 is 4.74 Å². The van der Waals surface area contributed by atoms with E-state index in [1.807, 2.05) is 0 Å². The summed E-state index contributed by atoms with van der Waals surface area (Å²) in [6.07, 6.45) is 3.13. The molecule has 0 aromatic heterocycles. The molecule has 1 rings (SSSR count). The van der Waals surface area contributed by atoms with Gasteiger partial charge < -0.3 is 10.5 Å². The van der Waals surface area contributed by atoms with Gasteiger partial charge in [0.25, 0.3) is 0 Å². The van der Waals surface area contributed by atoms with Crippen molar-refractivity contribution in [2.24, 2.45) is 5.73 Å². The minimum absolute atomic E-state index is 0. The molecule has 1 heterocycles. The molecule has 0 aromatic rings. The third kappa shape index (κ3) is 2.52. The van der Waals surface area contributed by atoms with Crippen molar-refractivity contribution in [2.45, 2.75) is 32.0 Å². The molecular formula is C6H14ClNO. The molecule has 0 saturated carbocycles. The molecule has 2 unspecified atom stereocenters. The summed E-state index contributed by atoms with van der Waals surface area (Å²) < 4.78 is 5.39. The standard InChI is InChI=1S/C6H13NO.ClH/c1-5-2-3-6(4-7)8-5;/h5-6H,2-4,7H2,1H3;1H. The molecule has 0 bridgehead atoms. The van der Waals surface area contributed by atoms with E-state index in [0.29, 0.717) is 18.8 Å². The highest BCUT2D eigenvalue weighted by Gasteiger charge is 2.19. The highest BCUT2D eigenvalue weighted by Crippen LogP contribution is 2.17. The first-order valence-corrected chi connectivity index (χ1v) is 3.18. The van der Waals surface area contributed by atoms with Crippen molar-refractivity contribution in [1.82, 2.24) is 0 Å².